The molecule has 0 unspecified atom stereocenters. The molecule has 1 heterocycles. The first-order chi connectivity index (χ1) is 10.0. The Balaban J connectivity index is 0.00000242. The molecular weight excluding hydrogens is 343 g/mol. The number of nitro benzene ring substituents is 1. The lowest BCUT2D eigenvalue weighted by Crippen LogP contribution is -2.53. The Labute approximate surface area is 147 Å². The third-order valence-electron chi connectivity index (χ3n) is 3.75. The van der Waals surface area contributed by atoms with Gasteiger partial charge in [0.15, 0.2) is 0 Å². The number of nitrogens with two attached hydrogens (primary N) is 1. The van der Waals surface area contributed by atoms with Crippen molar-refractivity contribution in [3.8, 4) is 0 Å². The minimum Gasteiger partial charge on any atom is -0.368 e. The van der Waals surface area contributed by atoms with E-state index in [4.69, 9.17) is 5.73 Å². The maximum Gasteiger partial charge on any atom is 0.271 e. The molecule has 1 amide bonds. The van der Waals surface area contributed by atoms with Crippen LogP contribution in [0.4, 0.5) is 11.4 Å². The molecule has 1 aliphatic rings. The topological polar surface area (TPSA) is 92.7 Å². The lowest BCUT2D eigenvalue weighted by Gasteiger charge is -2.37. The quantitative estimate of drug-likeness (QED) is 0.649. The lowest BCUT2D eigenvalue weighted by molar-refractivity contribution is -0.384. The van der Waals surface area contributed by atoms with Crippen LogP contribution in [0.1, 0.15) is 13.3 Å². The Kier molecular flexibility index (Phi) is 8.89. The maximum absolute atomic E-state index is 12.0. The van der Waals surface area contributed by atoms with Crippen LogP contribution in [-0.2, 0) is 4.79 Å². The summed E-state index contributed by atoms with van der Waals surface area (Å²) >= 11 is 0. The first-order valence-electron chi connectivity index (χ1n) is 7.06. The van der Waals surface area contributed by atoms with E-state index in [-0.39, 0.29) is 36.4 Å². The summed E-state index contributed by atoms with van der Waals surface area (Å²) < 4.78 is 0. The number of nitrogens with zero attached hydrogens (tertiary/aromatic N) is 3. The SMILES string of the molecule is CC[C@H](N)C(=O)N1CCN(c2cccc([N+](=O)[O-])c2)CC1.Cl.Cl. The second kappa shape index (κ2) is 9.54. The molecule has 0 radical (unpaired) electrons. The second-order valence-corrected chi connectivity index (χ2v) is 5.10. The molecule has 2 rings (SSSR count). The zero-order valence-corrected chi connectivity index (χ0v) is 14.5. The number of halogens is 2. The van der Waals surface area contributed by atoms with Gasteiger partial charge >= 0.3 is 0 Å². The number of hydrogen-bond donors (Lipinski definition) is 1. The van der Waals surface area contributed by atoms with Gasteiger partial charge in [0.1, 0.15) is 0 Å². The van der Waals surface area contributed by atoms with E-state index < -0.39 is 11.0 Å². The van der Waals surface area contributed by atoms with Gasteiger partial charge in [-0.3, -0.25) is 14.9 Å². The molecule has 1 atom stereocenters. The van der Waals surface area contributed by atoms with Gasteiger partial charge in [-0.25, -0.2) is 0 Å². The Morgan fingerprint density at radius 1 is 1.30 bits per heavy atom. The van der Waals surface area contributed by atoms with Gasteiger partial charge in [-0.05, 0) is 12.5 Å². The molecule has 1 aliphatic heterocycles. The standard InChI is InChI=1S/C14H20N4O3.2ClH/c1-2-13(15)14(19)17-8-6-16(7-9-17)11-4-3-5-12(10-11)18(20)21;;/h3-5,10,13H,2,6-9,15H2,1H3;2*1H/t13-;;/m0../s1. The summed E-state index contributed by atoms with van der Waals surface area (Å²) in [6.07, 6.45) is 0.629. The van der Waals surface area contributed by atoms with Crippen molar-refractivity contribution in [3.63, 3.8) is 0 Å². The number of carbonyl (C=O) groups is 1. The van der Waals surface area contributed by atoms with Crippen molar-refractivity contribution < 1.29 is 9.72 Å². The van der Waals surface area contributed by atoms with Crippen molar-refractivity contribution in [2.45, 2.75) is 19.4 Å². The van der Waals surface area contributed by atoms with Gasteiger partial charge in [0, 0.05) is 44.0 Å². The molecule has 0 aromatic heterocycles. The molecule has 0 bridgehead atoms. The van der Waals surface area contributed by atoms with Crippen LogP contribution < -0.4 is 10.6 Å². The minimum absolute atomic E-state index is 0. The summed E-state index contributed by atoms with van der Waals surface area (Å²) in [4.78, 5) is 26.2. The van der Waals surface area contributed by atoms with E-state index >= 15 is 0 Å². The average molecular weight is 365 g/mol. The van der Waals surface area contributed by atoms with Crippen molar-refractivity contribution in [3.05, 3.63) is 34.4 Å². The molecule has 0 aliphatic carbocycles. The number of rotatable bonds is 4. The average Bonchev–Trinajstić information content (AvgIpc) is 2.53. The first kappa shape index (κ1) is 21.4. The molecule has 1 saturated heterocycles. The fraction of sp³-hybridized carbons (Fsp3) is 0.500. The molecule has 0 spiro atoms. The van der Waals surface area contributed by atoms with Crippen molar-refractivity contribution >= 4 is 42.1 Å². The van der Waals surface area contributed by atoms with Gasteiger partial charge in [0.25, 0.3) is 5.69 Å². The van der Waals surface area contributed by atoms with Crippen molar-refractivity contribution in [1.29, 1.82) is 0 Å². The fourth-order valence-corrected chi connectivity index (χ4v) is 2.40. The van der Waals surface area contributed by atoms with E-state index in [0.717, 1.165) is 5.69 Å². The number of hydrogen-bond acceptors (Lipinski definition) is 5. The molecule has 1 aromatic carbocycles. The molecule has 1 aromatic rings. The van der Waals surface area contributed by atoms with Gasteiger partial charge in [-0.15, -0.1) is 24.8 Å². The van der Waals surface area contributed by atoms with Crippen molar-refractivity contribution in [1.82, 2.24) is 4.90 Å². The van der Waals surface area contributed by atoms with Crippen LogP contribution in [0.5, 0.6) is 0 Å². The highest BCUT2D eigenvalue weighted by molar-refractivity contribution is 5.85. The first-order valence-corrected chi connectivity index (χ1v) is 7.06. The number of carbonyl (C=O) groups excluding carboxylic acids is 1. The summed E-state index contributed by atoms with van der Waals surface area (Å²) in [5.41, 5.74) is 6.66. The zero-order chi connectivity index (χ0) is 15.4. The molecule has 7 nitrogen and oxygen atoms in total. The Hall–Kier alpha value is -1.57. The van der Waals surface area contributed by atoms with E-state index in [9.17, 15) is 14.9 Å². The molecule has 0 saturated carbocycles. The van der Waals surface area contributed by atoms with Gasteiger partial charge in [-0.2, -0.15) is 0 Å². The number of non-ortho nitro benzene ring substituents is 1. The second-order valence-electron chi connectivity index (χ2n) is 5.10. The Morgan fingerprint density at radius 3 is 2.43 bits per heavy atom. The minimum atomic E-state index is -0.436. The predicted molar refractivity (Wildman–Crippen MR) is 94.7 cm³/mol. The van der Waals surface area contributed by atoms with E-state index in [1.807, 2.05) is 17.9 Å². The van der Waals surface area contributed by atoms with Gasteiger partial charge in [-0.1, -0.05) is 13.0 Å². The van der Waals surface area contributed by atoms with Crippen LogP contribution in [-0.4, -0.2) is 48.0 Å². The molecule has 9 heteroatoms. The van der Waals surface area contributed by atoms with Crippen LogP contribution in [0, 0.1) is 10.1 Å². The Bertz CT molecular complexity index is 537. The van der Waals surface area contributed by atoms with E-state index in [2.05, 4.69) is 0 Å². The third kappa shape index (κ3) is 5.23. The van der Waals surface area contributed by atoms with Crippen molar-refractivity contribution in [2.24, 2.45) is 5.73 Å². The highest BCUT2D eigenvalue weighted by atomic mass is 35.5. The molecule has 23 heavy (non-hydrogen) atoms. The van der Waals surface area contributed by atoms with Crippen LogP contribution in [0.25, 0.3) is 0 Å². The number of anilines is 1. The monoisotopic (exact) mass is 364 g/mol. The number of amides is 1. The summed E-state index contributed by atoms with van der Waals surface area (Å²) in [6, 6.07) is 6.13. The lowest BCUT2D eigenvalue weighted by atomic mass is 10.2. The molecule has 130 valence electrons. The third-order valence-corrected chi connectivity index (χ3v) is 3.75. The van der Waals surface area contributed by atoms with E-state index in [1.165, 1.54) is 6.07 Å². The van der Waals surface area contributed by atoms with Gasteiger partial charge in [0.2, 0.25) is 5.91 Å². The number of piperazine rings is 1. The zero-order valence-electron chi connectivity index (χ0n) is 12.9. The Morgan fingerprint density at radius 2 is 1.91 bits per heavy atom. The number of nitro groups is 1. The molecule has 2 N–H and O–H groups in total. The van der Waals surface area contributed by atoms with Gasteiger partial charge in [0.05, 0.1) is 11.0 Å². The summed E-state index contributed by atoms with van der Waals surface area (Å²) in [7, 11) is 0. The summed E-state index contributed by atoms with van der Waals surface area (Å²) in [5.74, 6) is -0.0174. The maximum atomic E-state index is 12.0. The molecule has 1 fully saturated rings. The predicted octanol–water partition coefficient (Wildman–Crippen LogP) is 1.82. The fourth-order valence-electron chi connectivity index (χ4n) is 2.40. The van der Waals surface area contributed by atoms with Crippen molar-refractivity contribution in [2.75, 3.05) is 31.1 Å². The van der Waals surface area contributed by atoms with Crippen LogP contribution >= 0.6 is 24.8 Å². The van der Waals surface area contributed by atoms with E-state index in [1.54, 1.807) is 17.0 Å². The summed E-state index contributed by atoms with van der Waals surface area (Å²) in [6.45, 7) is 4.39. The van der Waals surface area contributed by atoms with Crippen LogP contribution in [0.15, 0.2) is 24.3 Å². The molecular formula is C14H22Cl2N4O3. The smallest absolute Gasteiger partial charge is 0.271 e. The van der Waals surface area contributed by atoms with E-state index in [0.29, 0.717) is 32.6 Å². The summed E-state index contributed by atoms with van der Waals surface area (Å²) in [5, 5.41) is 10.8. The largest absolute Gasteiger partial charge is 0.368 e. The normalized spacial score (nSPS) is 15.2. The number of benzene rings is 1. The van der Waals surface area contributed by atoms with Gasteiger partial charge < -0.3 is 15.5 Å². The highest BCUT2D eigenvalue weighted by Gasteiger charge is 2.24. The van der Waals surface area contributed by atoms with Crippen LogP contribution in [0.2, 0.25) is 0 Å². The van der Waals surface area contributed by atoms with Crippen LogP contribution in [0.3, 0.4) is 0 Å². The highest BCUT2D eigenvalue weighted by Crippen LogP contribution is 2.22.